The summed E-state index contributed by atoms with van der Waals surface area (Å²) in [7, 11) is 0. The molecule has 0 saturated heterocycles. The van der Waals surface area contributed by atoms with Crippen molar-refractivity contribution in [1.29, 1.82) is 0 Å². The summed E-state index contributed by atoms with van der Waals surface area (Å²) in [6.45, 7) is 1.88. The molecular formula is C25H20F3N7O3. The number of nitrogens with zero attached hydrogens (tertiary/aromatic N) is 5. The molecule has 4 aromatic rings. The second-order valence-electron chi connectivity index (χ2n) is 8.01. The van der Waals surface area contributed by atoms with Crippen molar-refractivity contribution in [3.8, 4) is 22.6 Å². The van der Waals surface area contributed by atoms with Gasteiger partial charge in [0.25, 0.3) is 5.91 Å². The third kappa shape index (κ3) is 6.13. The van der Waals surface area contributed by atoms with Crippen LogP contribution in [0.5, 0.6) is 0 Å². The maximum absolute atomic E-state index is 13.0. The van der Waals surface area contributed by atoms with E-state index < -0.39 is 23.3 Å². The van der Waals surface area contributed by atoms with Crippen LogP contribution in [-0.2, 0) is 6.18 Å². The number of aliphatic hydroxyl groups excluding tert-OH is 1. The zero-order valence-electron chi connectivity index (χ0n) is 19.8. The number of pyridine rings is 1. The predicted octanol–water partition coefficient (Wildman–Crippen LogP) is 3.79. The lowest BCUT2D eigenvalue weighted by molar-refractivity contribution is -0.137. The van der Waals surface area contributed by atoms with E-state index in [2.05, 4.69) is 35.8 Å². The van der Waals surface area contributed by atoms with Crippen molar-refractivity contribution in [2.24, 2.45) is 0 Å². The molecule has 0 fully saturated rings. The number of amides is 1. The van der Waals surface area contributed by atoms with Crippen molar-refractivity contribution in [1.82, 2.24) is 25.1 Å². The number of carbonyl (C=O) groups excluding carboxylic acids is 2. The van der Waals surface area contributed by atoms with Gasteiger partial charge < -0.3 is 15.7 Å². The number of aryl methyl sites for hydroxylation is 1. The molecule has 0 bridgehead atoms. The Morgan fingerprint density at radius 1 is 1.11 bits per heavy atom. The van der Waals surface area contributed by atoms with Crippen molar-refractivity contribution in [2.45, 2.75) is 13.1 Å². The highest BCUT2D eigenvalue weighted by atomic mass is 19.4. The van der Waals surface area contributed by atoms with Crippen molar-refractivity contribution in [2.75, 3.05) is 23.8 Å². The Labute approximate surface area is 214 Å². The Morgan fingerprint density at radius 2 is 1.92 bits per heavy atom. The molecule has 0 saturated carbocycles. The van der Waals surface area contributed by atoms with Crippen LogP contribution in [0.3, 0.4) is 0 Å². The summed E-state index contributed by atoms with van der Waals surface area (Å²) in [5, 5.41) is 21.5. The SMILES string of the molecule is Cc1ccc(NC(=O)c2cc(C(F)(F)F)cnn2)cc1-c1nc(NCCO)cc(-c2ccnc(C=O)c2)n1. The van der Waals surface area contributed by atoms with E-state index in [1.165, 1.54) is 6.20 Å². The van der Waals surface area contributed by atoms with E-state index in [9.17, 15) is 27.9 Å². The number of benzene rings is 1. The normalized spacial score (nSPS) is 11.2. The summed E-state index contributed by atoms with van der Waals surface area (Å²) in [4.78, 5) is 36.9. The largest absolute Gasteiger partial charge is 0.418 e. The first-order valence-electron chi connectivity index (χ1n) is 11.2. The smallest absolute Gasteiger partial charge is 0.395 e. The molecule has 13 heteroatoms. The molecule has 0 aliphatic heterocycles. The maximum atomic E-state index is 13.0. The van der Waals surface area contributed by atoms with Gasteiger partial charge in [0, 0.05) is 35.6 Å². The van der Waals surface area contributed by atoms with Crippen molar-refractivity contribution in [3.05, 3.63) is 77.4 Å². The summed E-state index contributed by atoms with van der Waals surface area (Å²) >= 11 is 0. The van der Waals surface area contributed by atoms with Gasteiger partial charge in [0.1, 0.15) is 11.5 Å². The minimum atomic E-state index is -4.67. The third-order valence-corrected chi connectivity index (χ3v) is 5.29. The molecule has 1 aromatic carbocycles. The van der Waals surface area contributed by atoms with Crippen LogP contribution in [0.4, 0.5) is 24.7 Å². The summed E-state index contributed by atoms with van der Waals surface area (Å²) in [5.41, 5.74) is 1.22. The van der Waals surface area contributed by atoms with Crippen LogP contribution in [0.2, 0.25) is 0 Å². The van der Waals surface area contributed by atoms with E-state index in [-0.39, 0.29) is 30.4 Å². The number of aldehydes is 1. The first kappa shape index (κ1) is 26.3. The molecule has 0 atom stereocenters. The molecule has 0 aliphatic carbocycles. The van der Waals surface area contributed by atoms with Gasteiger partial charge in [-0.25, -0.2) is 9.97 Å². The molecule has 3 N–H and O–H groups in total. The standard InChI is InChI=1S/C25H20F3N7O3/c1-14-2-3-17(32-24(38)21-9-16(12-31-35-21)25(26,27)28)10-19(14)23-33-20(11-22(34-23)30-6-7-36)15-4-5-29-18(8-15)13-37/h2-5,8-13,36H,6-7H2,1H3,(H,32,38)(H,30,33,34). The average molecular weight is 523 g/mol. The highest BCUT2D eigenvalue weighted by molar-refractivity contribution is 6.03. The maximum Gasteiger partial charge on any atom is 0.418 e. The molecule has 4 rings (SSSR count). The van der Waals surface area contributed by atoms with Gasteiger partial charge in [0.15, 0.2) is 17.8 Å². The molecule has 1 amide bonds. The molecule has 194 valence electrons. The quantitative estimate of drug-likeness (QED) is 0.294. The fraction of sp³-hybridized carbons (Fsp3) is 0.160. The molecular weight excluding hydrogens is 503 g/mol. The second kappa shape index (κ2) is 11.1. The number of aliphatic hydroxyl groups is 1. The molecule has 3 heterocycles. The van der Waals surface area contributed by atoms with Gasteiger partial charge in [-0.1, -0.05) is 6.07 Å². The van der Waals surface area contributed by atoms with Crippen LogP contribution >= 0.6 is 0 Å². The number of halogens is 3. The topological polar surface area (TPSA) is 143 Å². The monoisotopic (exact) mass is 523 g/mol. The number of hydrogen-bond acceptors (Lipinski definition) is 9. The number of hydrogen-bond donors (Lipinski definition) is 3. The lowest BCUT2D eigenvalue weighted by atomic mass is 10.1. The number of anilines is 2. The van der Waals surface area contributed by atoms with Gasteiger partial charge in [0.05, 0.1) is 24.1 Å². The van der Waals surface area contributed by atoms with Crippen molar-refractivity contribution in [3.63, 3.8) is 0 Å². The van der Waals surface area contributed by atoms with Crippen LogP contribution in [0.15, 0.2) is 54.9 Å². The minimum Gasteiger partial charge on any atom is -0.395 e. The zero-order valence-corrected chi connectivity index (χ0v) is 19.8. The molecule has 38 heavy (non-hydrogen) atoms. The van der Waals surface area contributed by atoms with Crippen LogP contribution in [0.25, 0.3) is 22.6 Å². The Morgan fingerprint density at radius 3 is 2.66 bits per heavy atom. The molecule has 0 aliphatic rings. The zero-order chi connectivity index (χ0) is 27.3. The van der Waals surface area contributed by atoms with Crippen molar-refractivity contribution < 1.29 is 27.9 Å². The summed E-state index contributed by atoms with van der Waals surface area (Å²) in [6, 6.07) is 10.3. The van der Waals surface area contributed by atoms with E-state index in [0.29, 0.717) is 41.2 Å². The summed E-state index contributed by atoms with van der Waals surface area (Å²) in [5.74, 6) is -0.215. The fourth-order valence-corrected chi connectivity index (χ4v) is 3.43. The number of alkyl halides is 3. The highest BCUT2D eigenvalue weighted by Crippen LogP contribution is 2.30. The number of rotatable bonds is 8. The van der Waals surface area contributed by atoms with Gasteiger partial charge in [-0.3, -0.25) is 14.6 Å². The van der Waals surface area contributed by atoms with E-state index in [1.54, 1.807) is 43.3 Å². The van der Waals surface area contributed by atoms with Crippen LogP contribution in [0.1, 0.15) is 32.1 Å². The molecule has 0 unspecified atom stereocenters. The Bertz CT molecular complexity index is 1500. The molecule has 0 spiro atoms. The lowest BCUT2D eigenvalue weighted by Crippen LogP contribution is -2.17. The van der Waals surface area contributed by atoms with Gasteiger partial charge in [0.2, 0.25) is 0 Å². The minimum absolute atomic E-state index is 0.141. The number of nitrogens with one attached hydrogen (secondary N) is 2. The first-order chi connectivity index (χ1) is 18.2. The average Bonchev–Trinajstić information content (AvgIpc) is 2.92. The predicted molar refractivity (Wildman–Crippen MR) is 131 cm³/mol. The summed E-state index contributed by atoms with van der Waals surface area (Å²) < 4.78 is 39.0. The Kier molecular flexibility index (Phi) is 7.67. The lowest BCUT2D eigenvalue weighted by Gasteiger charge is -2.13. The third-order valence-electron chi connectivity index (χ3n) is 5.29. The van der Waals surface area contributed by atoms with E-state index >= 15 is 0 Å². The van der Waals surface area contributed by atoms with Gasteiger partial charge in [-0.15, -0.1) is 5.10 Å². The fourth-order valence-electron chi connectivity index (χ4n) is 3.43. The van der Waals surface area contributed by atoms with Gasteiger partial charge in [-0.05, 0) is 42.8 Å². The number of aromatic nitrogens is 5. The second-order valence-corrected chi connectivity index (χ2v) is 8.01. The molecule has 10 nitrogen and oxygen atoms in total. The van der Waals surface area contributed by atoms with Crippen LogP contribution < -0.4 is 10.6 Å². The first-order valence-corrected chi connectivity index (χ1v) is 11.2. The van der Waals surface area contributed by atoms with Gasteiger partial charge in [-0.2, -0.15) is 18.3 Å². The van der Waals surface area contributed by atoms with E-state index in [1.807, 2.05) is 0 Å². The molecule has 0 radical (unpaired) electrons. The van der Waals surface area contributed by atoms with Gasteiger partial charge >= 0.3 is 6.18 Å². The molecule has 3 aromatic heterocycles. The van der Waals surface area contributed by atoms with Crippen LogP contribution in [-0.4, -0.2) is 55.6 Å². The van der Waals surface area contributed by atoms with Crippen LogP contribution in [0, 0.1) is 6.92 Å². The van der Waals surface area contributed by atoms with E-state index in [4.69, 9.17) is 0 Å². The van der Waals surface area contributed by atoms with E-state index in [0.717, 1.165) is 5.56 Å². The Hall–Kier alpha value is -4.78. The summed E-state index contributed by atoms with van der Waals surface area (Å²) in [6.07, 6.45) is -2.05. The highest BCUT2D eigenvalue weighted by Gasteiger charge is 2.32. The number of carbonyl (C=O) groups is 2. The van der Waals surface area contributed by atoms with Crippen molar-refractivity contribution >= 4 is 23.7 Å². The Balaban J connectivity index is 1.71.